The summed E-state index contributed by atoms with van der Waals surface area (Å²) in [6.07, 6.45) is 1.61. The quantitative estimate of drug-likeness (QED) is 0.556. The zero-order chi connectivity index (χ0) is 20.4. The number of hydrogen-bond donors (Lipinski definition) is 2. The number of nitrogens with zero attached hydrogens (tertiary/aromatic N) is 3. The first-order valence-corrected chi connectivity index (χ1v) is 8.79. The van der Waals surface area contributed by atoms with E-state index >= 15 is 0 Å². The summed E-state index contributed by atoms with van der Waals surface area (Å²) < 4.78 is 14.8. The van der Waals surface area contributed by atoms with E-state index in [-0.39, 0.29) is 17.4 Å². The number of anilines is 2. The van der Waals surface area contributed by atoms with Crippen LogP contribution in [0.15, 0.2) is 66.9 Å². The summed E-state index contributed by atoms with van der Waals surface area (Å²) in [6.45, 7) is 1.42. The number of aromatic nitrogens is 3. The van der Waals surface area contributed by atoms with Gasteiger partial charge < -0.3 is 10.6 Å². The molecule has 0 atom stereocenters. The standard InChI is InChI=1S/C21H16FN5O2/c1-13(28)24-16-6-8-17(9-7-16)25-21(29)18-12-20-23-11-10-19(27(20)26-18)14-2-4-15(22)5-3-14/h2-12H,1H3,(H,24,28)(H,25,29). The molecule has 2 heterocycles. The van der Waals surface area contributed by atoms with Gasteiger partial charge in [0.2, 0.25) is 5.91 Å². The Kier molecular flexibility index (Phi) is 4.74. The maximum atomic E-state index is 13.2. The topological polar surface area (TPSA) is 88.4 Å². The molecule has 144 valence electrons. The first-order chi connectivity index (χ1) is 14.0. The summed E-state index contributed by atoms with van der Waals surface area (Å²) in [4.78, 5) is 27.9. The minimum absolute atomic E-state index is 0.170. The van der Waals surface area contributed by atoms with Gasteiger partial charge in [0.1, 0.15) is 5.82 Å². The Morgan fingerprint density at radius 3 is 2.24 bits per heavy atom. The van der Waals surface area contributed by atoms with Crippen LogP contribution in [-0.4, -0.2) is 26.4 Å². The van der Waals surface area contributed by atoms with E-state index in [1.54, 1.807) is 59.2 Å². The first-order valence-electron chi connectivity index (χ1n) is 8.79. The van der Waals surface area contributed by atoms with Gasteiger partial charge in [0.25, 0.3) is 5.91 Å². The molecule has 29 heavy (non-hydrogen) atoms. The molecule has 2 aromatic carbocycles. The van der Waals surface area contributed by atoms with Crippen LogP contribution in [0.25, 0.3) is 16.9 Å². The van der Waals surface area contributed by atoms with Gasteiger partial charge in [-0.2, -0.15) is 5.10 Å². The van der Waals surface area contributed by atoms with Gasteiger partial charge in [-0.05, 0) is 54.6 Å². The van der Waals surface area contributed by atoms with Gasteiger partial charge in [0.05, 0.1) is 5.69 Å². The number of carbonyl (C=O) groups excluding carboxylic acids is 2. The lowest BCUT2D eigenvalue weighted by molar-refractivity contribution is -0.114. The number of hydrogen-bond acceptors (Lipinski definition) is 4. The van der Waals surface area contributed by atoms with Crippen LogP contribution in [0.1, 0.15) is 17.4 Å². The van der Waals surface area contributed by atoms with Gasteiger partial charge in [-0.15, -0.1) is 0 Å². The molecular formula is C21H16FN5O2. The van der Waals surface area contributed by atoms with Crippen molar-refractivity contribution in [1.82, 2.24) is 14.6 Å². The maximum Gasteiger partial charge on any atom is 0.276 e. The lowest BCUT2D eigenvalue weighted by Gasteiger charge is -2.06. The summed E-state index contributed by atoms with van der Waals surface area (Å²) in [7, 11) is 0. The van der Waals surface area contributed by atoms with E-state index in [1.165, 1.54) is 19.1 Å². The lowest BCUT2D eigenvalue weighted by atomic mass is 10.1. The van der Waals surface area contributed by atoms with E-state index in [1.807, 2.05) is 0 Å². The Morgan fingerprint density at radius 1 is 0.931 bits per heavy atom. The molecule has 0 unspecified atom stereocenters. The highest BCUT2D eigenvalue weighted by Gasteiger charge is 2.14. The zero-order valence-electron chi connectivity index (χ0n) is 15.4. The highest BCUT2D eigenvalue weighted by Crippen LogP contribution is 2.21. The maximum absolute atomic E-state index is 13.2. The van der Waals surface area contributed by atoms with Crippen LogP contribution in [0.4, 0.5) is 15.8 Å². The Labute approximate surface area is 165 Å². The van der Waals surface area contributed by atoms with Gasteiger partial charge >= 0.3 is 0 Å². The second-order valence-corrected chi connectivity index (χ2v) is 6.35. The van der Waals surface area contributed by atoms with Gasteiger partial charge in [-0.25, -0.2) is 13.9 Å². The molecule has 2 N–H and O–H groups in total. The van der Waals surface area contributed by atoms with Crippen LogP contribution in [0.2, 0.25) is 0 Å². The minimum Gasteiger partial charge on any atom is -0.326 e. The Morgan fingerprint density at radius 2 is 1.59 bits per heavy atom. The SMILES string of the molecule is CC(=O)Nc1ccc(NC(=O)c2cc3nccc(-c4ccc(F)cc4)n3n2)cc1. The second kappa shape index (κ2) is 7.51. The average Bonchev–Trinajstić information content (AvgIpc) is 3.14. The van der Waals surface area contributed by atoms with E-state index in [2.05, 4.69) is 20.7 Å². The zero-order valence-corrected chi connectivity index (χ0v) is 15.4. The van der Waals surface area contributed by atoms with Crippen LogP contribution in [0.5, 0.6) is 0 Å². The highest BCUT2D eigenvalue weighted by molar-refractivity contribution is 6.03. The van der Waals surface area contributed by atoms with Crippen LogP contribution >= 0.6 is 0 Å². The lowest BCUT2D eigenvalue weighted by Crippen LogP contribution is -2.13. The van der Waals surface area contributed by atoms with Crippen molar-refractivity contribution in [3.05, 3.63) is 78.4 Å². The third-order valence-corrected chi connectivity index (χ3v) is 4.19. The third-order valence-electron chi connectivity index (χ3n) is 4.19. The van der Waals surface area contributed by atoms with Crippen molar-refractivity contribution in [1.29, 1.82) is 0 Å². The molecule has 0 spiro atoms. The number of fused-ring (bicyclic) bond motifs is 1. The summed E-state index contributed by atoms with van der Waals surface area (Å²) in [5.74, 6) is -0.895. The predicted octanol–water partition coefficient (Wildman–Crippen LogP) is 3.75. The highest BCUT2D eigenvalue weighted by atomic mass is 19.1. The summed E-state index contributed by atoms with van der Waals surface area (Å²) >= 11 is 0. The first kappa shape index (κ1) is 18.3. The van der Waals surface area contributed by atoms with Gasteiger partial charge in [0, 0.05) is 36.1 Å². The number of carbonyl (C=O) groups is 2. The second-order valence-electron chi connectivity index (χ2n) is 6.35. The molecule has 7 nitrogen and oxygen atoms in total. The van der Waals surface area contributed by atoms with E-state index in [4.69, 9.17) is 0 Å². The van der Waals surface area contributed by atoms with Crippen LogP contribution < -0.4 is 10.6 Å². The molecule has 8 heteroatoms. The van der Waals surface area contributed by atoms with E-state index < -0.39 is 5.91 Å². The fraction of sp³-hybridized carbons (Fsp3) is 0.0476. The molecule has 4 aromatic rings. The molecule has 0 saturated heterocycles. The van der Waals surface area contributed by atoms with Crippen molar-refractivity contribution in [3.63, 3.8) is 0 Å². The molecule has 0 radical (unpaired) electrons. The summed E-state index contributed by atoms with van der Waals surface area (Å²) in [5.41, 5.74) is 3.33. The smallest absolute Gasteiger partial charge is 0.276 e. The number of benzene rings is 2. The van der Waals surface area contributed by atoms with Crippen molar-refractivity contribution < 1.29 is 14.0 Å². The van der Waals surface area contributed by atoms with Crippen molar-refractivity contribution >= 4 is 28.8 Å². The molecule has 2 aromatic heterocycles. The van der Waals surface area contributed by atoms with Crippen molar-refractivity contribution in [3.8, 4) is 11.3 Å². The molecule has 2 amide bonds. The fourth-order valence-electron chi connectivity index (χ4n) is 2.88. The normalized spacial score (nSPS) is 10.7. The number of halogens is 1. The number of nitrogens with one attached hydrogen (secondary N) is 2. The minimum atomic E-state index is -0.396. The fourth-order valence-corrected chi connectivity index (χ4v) is 2.88. The van der Waals surface area contributed by atoms with Crippen molar-refractivity contribution in [2.24, 2.45) is 0 Å². The van der Waals surface area contributed by atoms with E-state index in [9.17, 15) is 14.0 Å². The van der Waals surface area contributed by atoms with E-state index in [0.717, 1.165) is 5.56 Å². The summed E-state index contributed by atoms with van der Waals surface area (Å²) in [5, 5.41) is 9.78. The Hall–Kier alpha value is -4.07. The summed E-state index contributed by atoms with van der Waals surface area (Å²) in [6, 6.07) is 16.1. The monoisotopic (exact) mass is 389 g/mol. The molecule has 0 saturated carbocycles. The van der Waals surface area contributed by atoms with Crippen molar-refractivity contribution in [2.45, 2.75) is 6.92 Å². The number of amides is 2. The molecule has 0 bridgehead atoms. The van der Waals surface area contributed by atoms with Gasteiger partial charge in [-0.1, -0.05) is 0 Å². The molecule has 0 aliphatic rings. The van der Waals surface area contributed by atoms with Gasteiger partial charge in [0.15, 0.2) is 11.3 Å². The Bertz CT molecular complexity index is 1200. The predicted molar refractivity (Wildman–Crippen MR) is 107 cm³/mol. The van der Waals surface area contributed by atoms with Gasteiger partial charge in [-0.3, -0.25) is 9.59 Å². The molecule has 0 aliphatic heterocycles. The largest absolute Gasteiger partial charge is 0.326 e. The molecule has 0 fully saturated rings. The van der Waals surface area contributed by atoms with Crippen LogP contribution in [0.3, 0.4) is 0 Å². The molecule has 0 aliphatic carbocycles. The van der Waals surface area contributed by atoms with E-state index in [0.29, 0.717) is 22.7 Å². The molecular weight excluding hydrogens is 373 g/mol. The Balaban J connectivity index is 1.59. The number of rotatable bonds is 4. The van der Waals surface area contributed by atoms with Crippen LogP contribution in [0, 0.1) is 5.82 Å². The third kappa shape index (κ3) is 3.96. The van der Waals surface area contributed by atoms with Crippen LogP contribution in [-0.2, 0) is 4.79 Å². The van der Waals surface area contributed by atoms with Crippen molar-refractivity contribution in [2.75, 3.05) is 10.6 Å². The average molecular weight is 389 g/mol. The molecule has 4 rings (SSSR count).